The van der Waals surface area contributed by atoms with E-state index in [9.17, 15) is 8.42 Å². The summed E-state index contributed by atoms with van der Waals surface area (Å²) in [7, 11) is -3.29. The molecule has 1 rings (SSSR count). The van der Waals surface area contributed by atoms with Gasteiger partial charge in [-0.05, 0) is 0 Å². The molecule has 0 radical (unpaired) electrons. The molecule has 1 aliphatic rings. The van der Waals surface area contributed by atoms with Gasteiger partial charge in [0.2, 0.25) is 0 Å². The largest absolute Gasteiger partial charge is 1.00 e. The molecule has 0 amide bonds. The summed E-state index contributed by atoms with van der Waals surface area (Å²) < 4.78 is 29.1. The summed E-state index contributed by atoms with van der Waals surface area (Å²) >= 11 is 0. The normalized spacial score (nSPS) is 24.8. The second-order valence-electron chi connectivity index (χ2n) is 1.56. The maximum atomic E-state index is 10.2. The summed E-state index contributed by atoms with van der Waals surface area (Å²) in [4.78, 5) is 0. The Bertz CT molecular complexity index is 175. The standard InChI is InChI=1S/C3H6O4S.K.H/c1-8(4,5)7-3-2-6-3;;/h3H,2H2,1H3;;/q;+1;-1. The van der Waals surface area contributed by atoms with E-state index < -0.39 is 16.4 Å². The molecular formula is C3H7KO4S. The molecule has 1 fully saturated rings. The third-order valence-electron chi connectivity index (χ3n) is 0.585. The van der Waals surface area contributed by atoms with Gasteiger partial charge < -0.3 is 6.16 Å². The maximum absolute atomic E-state index is 10.2. The van der Waals surface area contributed by atoms with E-state index >= 15 is 0 Å². The Balaban J connectivity index is 0. The molecule has 1 unspecified atom stereocenters. The molecule has 0 aromatic heterocycles. The van der Waals surface area contributed by atoms with E-state index in [1.807, 2.05) is 0 Å². The van der Waals surface area contributed by atoms with Crippen molar-refractivity contribution in [2.24, 2.45) is 0 Å². The predicted molar refractivity (Wildman–Crippen MR) is 26.8 cm³/mol. The van der Waals surface area contributed by atoms with Gasteiger partial charge in [-0.15, -0.1) is 0 Å². The molecule has 0 aromatic carbocycles. The van der Waals surface area contributed by atoms with Crippen LogP contribution in [0.3, 0.4) is 0 Å². The topological polar surface area (TPSA) is 55.9 Å². The van der Waals surface area contributed by atoms with Gasteiger partial charge in [0.1, 0.15) is 6.61 Å². The van der Waals surface area contributed by atoms with Gasteiger partial charge in [0.15, 0.2) is 6.29 Å². The first-order valence-electron chi connectivity index (χ1n) is 2.08. The number of hydrogen-bond acceptors (Lipinski definition) is 4. The van der Waals surface area contributed by atoms with Crippen LogP contribution in [-0.4, -0.2) is 27.6 Å². The van der Waals surface area contributed by atoms with Gasteiger partial charge in [-0.25, -0.2) is 4.18 Å². The van der Waals surface area contributed by atoms with E-state index in [1.54, 1.807) is 0 Å². The van der Waals surface area contributed by atoms with Crippen LogP contribution < -0.4 is 51.4 Å². The average molecular weight is 178 g/mol. The molecule has 0 N–H and O–H groups in total. The summed E-state index contributed by atoms with van der Waals surface area (Å²) in [5, 5.41) is 0. The molecule has 0 aromatic rings. The zero-order chi connectivity index (χ0) is 6.20. The van der Waals surface area contributed by atoms with Crippen LogP contribution >= 0.6 is 0 Å². The fraction of sp³-hybridized carbons (Fsp3) is 1.00. The Morgan fingerprint density at radius 1 is 1.78 bits per heavy atom. The van der Waals surface area contributed by atoms with Crippen molar-refractivity contribution in [1.29, 1.82) is 0 Å². The predicted octanol–water partition coefficient (Wildman–Crippen LogP) is -3.56. The third-order valence-corrected chi connectivity index (χ3v) is 1.15. The molecule has 9 heavy (non-hydrogen) atoms. The minimum Gasteiger partial charge on any atom is -1.00 e. The summed E-state index contributed by atoms with van der Waals surface area (Å²) in [5.41, 5.74) is 0. The second kappa shape index (κ2) is 3.77. The van der Waals surface area contributed by atoms with Gasteiger partial charge in [0, 0.05) is 0 Å². The SMILES string of the molecule is CS(=O)(=O)OC1CO1.[H-].[K+]. The zero-order valence-corrected chi connectivity index (χ0v) is 9.27. The van der Waals surface area contributed by atoms with E-state index in [-0.39, 0.29) is 52.8 Å². The van der Waals surface area contributed by atoms with Crippen molar-refractivity contribution in [2.45, 2.75) is 6.29 Å². The first kappa shape index (κ1) is 10.5. The fourth-order valence-corrected chi connectivity index (χ4v) is 0.791. The first-order chi connectivity index (χ1) is 3.58. The second-order valence-corrected chi connectivity index (χ2v) is 3.16. The molecule has 0 aliphatic carbocycles. The quantitative estimate of drug-likeness (QED) is 0.249. The van der Waals surface area contributed by atoms with Crippen LogP contribution in [0.15, 0.2) is 0 Å². The monoisotopic (exact) mass is 178 g/mol. The van der Waals surface area contributed by atoms with Gasteiger partial charge in [-0.1, -0.05) is 0 Å². The zero-order valence-electron chi connectivity index (χ0n) is 6.33. The molecule has 4 nitrogen and oxygen atoms in total. The maximum Gasteiger partial charge on any atom is 1.00 e. The van der Waals surface area contributed by atoms with E-state index in [2.05, 4.69) is 8.92 Å². The van der Waals surface area contributed by atoms with Crippen LogP contribution in [0, 0.1) is 0 Å². The Kier molecular flexibility index (Phi) is 4.40. The van der Waals surface area contributed by atoms with Gasteiger partial charge >= 0.3 is 51.4 Å². The molecule has 1 saturated heterocycles. The number of rotatable bonds is 2. The summed E-state index contributed by atoms with van der Waals surface area (Å²) in [6.07, 6.45) is 0.499. The van der Waals surface area contributed by atoms with Crippen LogP contribution in [0.2, 0.25) is 0 Å². The fourth-order valence-electron chi connectivity index (χ4n) is 0.290. The van der Waals surface area contributed by atoms with Gasteiger partial charge in [0.05, 0.1) is 6.26 Å². The van der Waals surface area contributed by atoms with Crippen molar-refractivity contribution < 1.29 is 70.1 Å². The van der Waals surface area contributed by atoms with E-state index in [4.69, 9.17) is 0 Å². The molecule has 0 bridgehead atoms. The van der Waals surface area contributed by atoms with Crippen molar-refractivity contribution in [2.75, 3.05) is 12.9 Å². The molecular weight excluding hydrogens is 171 g/mol. The smallest absolute Gasteiger partial charge is 1.00 e. The van der Waals surface area contributed by atoms with Crippen LogP contribution in [-0.2, 0) is 19.0 Å². The van der Waals surface area contributed by atoms with Gasteiger partial charge in [-0.2, -0.15) is 8.42 Å². The van der Waals surface area contributed by atoms with Gasteiger partial charge in [0.25, 0.3) is 10.1 Å². The molecule has 0 saturated carbocycles. The van der Waals surface area contributed by atoms with Crippen molar-refractivity contribution in [3.63, 3.8) is 0 Å². The van der Waals surface area contributed by atoms with Crippen LogP contribution in [0.25, 0.3) is 0 Å². The third kappa shape index (κ3) is 5.93. The minimum absolute atomic E-state index is 0. The Morgan fingerprint density at radius 2 is 2.22 bits per heavy atom. The van der Waals surface area contributed by atoms with Crippen LogP contribution in [0.5, 0.6) is 0 Å². The van der Waals surface area contributed by atoms with Crippen molar-refractivity contribution >= 4 is 10.1 Å². The minimum atomic E-state index is -3.29. The summed E-state index contributed by atoms with van der Waals surface area (Å²) in [6.45, 7) is 0.396. The van der Waals surface area contributed by atoms with Crippen LogP contribution in [0.4, 0.5) is 0 Å². The molecule has 1 aliphatic heterocycles. The average Bonchev–Trinajstić information content (AvgIpc) is 2.12. The van der Waals surface area contributed by atoms with E-state index in [1.165, 1.54) is 0 Å². The Morgan fingerprint density at radius 3 is 2.33 bits per heavy atom. The molecule has 1 atom stereocenters. The molecule has 50 valence electrons. The van der Waals surface area contributed by atoms with Crippen molar-refractivity contribution in [3.05, 3.63) is 0 Å². The van der Waals surface area contributed by atoms with Crippen molar-refractivity contribution in [3.8, 4) is 0 Å². The van der Waals surface area contributed by atoms with Crippen molar-refractivity contribution in [1.82, 2.24) is 0 Å². The number of epoxide rings is 1. The molecule has 6 heteroatoms. The molecule has 1 heterocycles. The van der Waals surface area contributed by atoms with E-state index in [0.29, 0.717) is 6.61 Å². The van der Waals surface area contributed by atoms with Gasteiger partial charge in [-0.3, -0.25) is 0 Å². The Labute approximate surface area is 97.9 Å². The van der Waals surface area contributed by atoms with Crippen LogP contribution in [0.1, 0.15) is 1.43 Å². The summed E-state index contributed by atoms with van der Waals surface area (Å²) in [6, 6.07) is 0. The molecule has 0 spiro atoms. The Hall–Kier alpha value is 1.51. The number of hydrogen-bond donors (Lipinski definition) is 0. The first-order valence-corrected chi connectivity index (χ1v) is 3.89. The summed E-state index contributed by atoms with van der Waals surface area (Å²) in [5.74, 6) is 0. The number of ether oxygens (including phenoxy) is 1. The van der Waals surface area contributed by atoms with E-state index in [0.717, 1.165) is 6.26 Å².